The van der Waals surface area contributed by atoms with E-state index in [0.717, 1.165) is 45.9 Å². The minimum atomic E-state index is -1.09. The van der Waals surface area contributed by atoms with Gasteiger partial charge in [-0.3, -0.25) is 0 Å². The van der Waals surface area contributed by atoms with Gasteiger partial charge < -0.3 is 29.8 Å². The molecule has 1 unspecified atom stereocenters. The van der Waals surface area contributed by atoms with Gasteiger partial charge in [0.05, 0.1) is 17.2 Å². The van der Waals surface area contributed by atoms with Crippen molar-refractivity contribution in [3.8, 4) is 11.3 Å². The van der Waals surface area contributed by atoms with Gasteiger partial charge in [-0.1, -0.05) is 41.9 Å². The molecule has 1 aliphatic heterocycles. The smallest absolute Gasteiger partial charge is 0.171 e. The maximum atomic E-state index is 11.1. The molecule has 7 rings (SSSR count). The quantitative estimate of drug-likeness (QED) is 0.307. The van der Waals surface area contributed by atoms with Gasteiger partial charge in [0, 0.05) is 28.8 Å². The highest BCUT2D eigenvalue weighted by Gasteiger charge is 2.46. The van der Waals surface area contributed by atoms with Crippen LogP contribution in [-0.4, -0.2) is 54.0 Å². The number of nitrogen functional groups attached to an aromatic ring is 1. The summed E-state index contributed by atoms with van der Waals surface area (Å²) in [6.45, 7) is 1.94. The number of hydrogen-bond donors (Lipinski definition) is 3. The average molecular weight is 548 g/mol. The van der Waals surface area contributed by atoms with Crippen LogP contribution in [0.25, 0.3) is 22.4 Å². The highest BCUT2D eigenvalue weighted by atomic mass is 32.2. The number of aliphatic hydroxyl groups excluding tert-OH is 2. The summed E-state index contributed by atoms with van der Waals surface area (Å²) < 4.78 is 13.8. The molecule has 0 spiro atoms. The molecule has 0 radical (unpaired) electrons. The molecular weight excluding hydrogens is 514 g/mol. The summed E-state index contributed by atoms with van der Waals surface area (Å²) in [5.74, 6) is 4.21. The Bertz CT molecular complexity index is 1490. The molecule has 4 N–H and O–H groups in total. The first kappa shape index (κ1) is 25.1. The Kier molecular flexibility index (Phi) is 6.38. The van der Waals surface area contributed by atoms with Crippen molar-refractivity contribution < 1.29 is 19.5 Å². The number of ether oxygens (including phenoxy) is 1. The fourth-order valence-corrected chi connectivity index (χ4v) is 8.16. The van der Waals surface area contributed by atoms with Crippen molar-refractivity contribution in [2.45, 2.75) is 68.8 Å². The van der Waals surface area contributed by atoms with Crippen LogP contribution in [-0.2, 0) is 10.5 Å². The molecule has 1 aromatic carbocycles. The Morgan fingerprint density at radius 2 is 1.95 bits per heavy atom. The van der Waals surface area contributed by atoms with E-state index < -0.39 is 24.5 Å². The molecule has 2 bridgehead atoms. The number of anilines is 1. The van der Waals surface area contributed by atoms with E-state index in [0.29, 0.717) is 34.8 Å². The average Bonchev–Trinajstić information content (AvgIpc) is 3.77. The summed E-state index contributed by atoms with van der Waals surface area (Å²) in [6, 6.07) is 9.92. The van der Waals surface area contributed by atoms with Crippen LogP contribution in [0.4, 0.5) is 5.82 Å². The van der Waals surface area contributed by atoms with Gasteiger partial charge in [-0.05, 0) is 49.5 Å². The van der Waals surface area contributed by atoms with Crippen molar-refractivity contribution in [3.05, 3.63) is 59.7 Å². The molecule has 2 saturated carbocycles. The van der Waals surface area contributed by atoms with Crippen LogP contribution in [0.1, 0.15) is 54.6 Å². The lowest BCUT2D eigenvalue weighted by molar-refractivity contribution is -0.0286. The number of nitrogens with zero attached hydrogens (tertiary/aromatic N) is 4. The second kappa shape index (κ2) is 9.92. The van der Waals surface area contributed by atoms with E-state index in [-0.39, 0.29) is 0 Å². The topological polar surface area (TPSA) is 132 Å². The van der Waals surface area contributed by atoms with Crippen LogP contribution in [0.2, 0.25) is 0 Å². The van der Waals surface area contributed by atoms with E-state index in [9.17, 15) is 10.2 Å². The number of nitrogens with two attached hydrogens (primary N) is 1. The molecule has 4 heterocycles. The maximum Gasteiger partial charge on any atom is 0.171 e. The van der Waals surface area contributed by atoms with E-state index in [4.69, 9.17) is 15.0 Å². The van der Waals surface area contributed by atoms with Crippen LogP contribution in [0.15, 0.2) is 47.4 Å². The zero-order valence-electron chi connectivity index (χ0n) is 21.8. The minimum absolute atomic E-state index is 0.418. The molecule has 1 saturated heterocycles. The number of benzene rings is 1. The highest BCUT2D eigenvalue weighted by Crippen LogP contribution is 2.54. The first-order chi connectivity index (χ1) is 19.0. The van der Waals surface area contributed by atoms with Crippen LogP contribution in [0.5, 0.6) is 0 Å². The fraction of sp³-hybridized carbons (Fsp3) is 0.483. The third kappa shape index (κ3) is 4.25. The van der Waals surface area contributed by atoms with Crippen molar-refractivity contribution in [3.63, 3.8) is 0 Å². The fourth-order valence-electron chi connectivity index (χ4n) is 6.99. The van der Waals surface area contributed by atoms with Gasteiger partial charge in [0.15, 0.2) is 12.0 Å². The van der Waals surface area contributed by atoms with Gasteiger partial charge in [0.25, 0.3) is 0 Å². The predicted octanol–water partition coefficient (Wildman–Crippen LogP) is 4.43. The molecule has 4 aromatic rings. The van der Waals surface area contributed by atoms with Gasteiger partial charge in [0.2, 0.25) is 0 Å². The SMILES string of the molecule is Cc1noc(-c2ccccc2)c1CSC[C@H]1O[C@@H](n2cc(C3C[C@@H]4CC[C@H]3C4)c3c(N)ncnc32)[C@H](O)[C@@H]1O. The zero-order chi connectivity index (χ0) is 26.7. The summed E-state index contributed by atoms with van der Waals surface area (Å²) in [4.78, 5) is 8.82. The number of thioether (sulfide) groups is 1. The van der Waals surface area contributed by atoms with Gasteiger partial charge in [-0.15, -0.1) is 0 Å². The molecule has 204 valence electrons. The third-order valence-corrected chi connectivity index (χ3v) is 10.0. The summed E-state index contributed by atoms with van der Waals surface area (Å²) in [5, 5.41) is 27.1. The highest BCUT2D eigenvalue weighted by molar-refractivity contribution is 7.98. The molecular formula is C29H33N5O4S. The molecule has 7 atom stereocenters. The Hall–Kier alpha value is -2.92. The summed E-state index contributed by atoms with van der Waals surface area (Å²) in [7, 11) is 0. The number of aromatic nitrogens is 4. The number of rotatable bonds is 7. The maximum absolute atomic E-state index is 11.1. The third-order valence-electron chi connectivity index (χ3n) is 8.97. The second-order valence-electron chi connectivity index (χ2n) is 11.2. The Morgan fingerprint density at radius 1 is 1.10 bits per heavy atom. The summed E-state index contributed by atoms with van der Waals surface area (Å²) >= 11 is 1.62. The van der Waals surface area contributed by atoms with Gasteiger partial charge in [-0.2, -0.15) is 11.8 Å². The lowest BCUT2D eigenvalue weighted by Gasteiger charge is -2.21. The normalized spacial score (nSPS) is 30.1. The molecule has 2 aliphatic carbocycles. The monoisotopic (exact) mass is 547 g/mol. The summed E-state index contributed by atoms with van der Waals surface area (Å²) in [6.07, 6.45) is 5.06. The van der Waals surface area contributed by atoms with E-state index in [1.165, 1.54) is 25.6 Å². The van der Waals surface area contributed by atoms with Crippen LogP contribution in [0.3, 0.4) is 0 Å². The molecule has 9 nitrogen and oxygen atoms in total. The van der Waals surface area contributed by atoms with Crippen molar-refractivity contribution in [2.24, 2.45) is 11.8 Å². The van der Waals surface area contributed by atoms with Crippen LogP contribution < -0.4 is 5.73 Å². The van der Waals surface area contributed by atoms with Crippen molar-refractivity contribution >= 4 is 28.6 Å². The molecule has 3 aromatic heterocycles. The van der Waals surface area contributed by atoms with Gasteiger partial charge in [0.1, 0.15) is 30.0 Å². The zero-order valence-corrected chi connectivity index (χ0v) is 22.6. The summed E-state index contributed by atoms with van der Waals surface area (Å²) in [5.41, 5.74) is 11.0. The first-order valence-corrected chi connectivity index (χ1v) is 14.9. The molecule has 3 aliphatic rings. The van der Waals surface area contributed by atoms with E-state index in [2.05, 4.69) is 15.1 Å². The van der Waals surface area contributed by atoms with Crippen LogP contribution in [0, 0.1) is 18.8 Å². The van der Waals surface area contributed by atoms with Crippen LogP contribution >= 0.6 is 11.8 Å². The number of hydrogen-bond acceptors (Lipinski definition) is 9. The Morgan fingerprint density at radius 3 is 2.72 bits per heavy atom. The lowest BCUT2D eigenvalue weighted by Crippen LogP contribution is -2.32. The molecule has 3 fully saturated rings. The standard InChI is InChI=1S/C29H33N5O4S/c1-15-21(26(38-33-15)17-5-3-2-4-6-17)12-39-13-22-24(35)25(36)29(37-22)34-11-20(19-10-16-7-8-18(19)9-16)23-27(30)31-14-32-28(23)34/h2-6,11,14,16,18-19,22,24-25,29,35-36H,7-10,12-13H2,1H3,(H2,30,31,32)/t16-,18+,19?,22-,24-,25-,29-/m1/s1. The van der Waals surface area contributed by atoms with Crippen molar-refractivity contribution in [2.75, 3.05) is 11.5 Å². The van der Waals surface area contributed by atoms with Crippen molar-refractivity contribution in [1.29, 1.82) is 0 Å². The van der Waals surface area contributed by atoms with E-state index in [1.807, 2.05) is 48.0 Å². The minimum Gasteiger partial charge on any atom is -0.387 e. The first-order valence-electron chi connectivity index (χ1n) is 13.7. The Labute approximate surface area is 230 Å². The lowest BCUT2D eigenvalue weighted by atomic mass is 9.83. The molecule has 39 heavy (non-hydrogen) atoms. The molecule has 10 heteroatoms. The number of fused-ring (bicyclic) bond motifs is 3. The Balaban J connectivity index is 1.11. The van der Waals surface area contributed by atoms with Gasteiger partial charge in [-0.25, -0.2) is 9.97 Å². The van der Waals surface area contributed by atoms with E-state index >= 15 is 0 Å². The van der Waals surface area contributed by atoms with E-state index in [1.54, 1.807) is 11.8 Å². The predicted molar refractivity (Wildman–Crippen MR) is 149 cm³/mol. The largest absolute Gasteiger partial charge is 0.387 e. The van der Waals surface area contributed by atoms with Crippen molar-refractivity contribution in [1.82, 2.24) is 19.7 Å². The molecule has 0 amide bonds. The number of aryl methyl sites for hydroxylation is 1. The van der Waals surface area contributed by atoms with Gasteiger partial charge >= 0.3 is 0 Å². The second-order valence-corrected chi connectivity index (χ2v) is 12.3. The number of aliphatic hydroxyl groups is 2.